The third kappa shape index (κ3) is 2.98. The van der Waals surface area contributed by atoms with Gasteiger partial charge in [0.05, 0.1) is 0 Å². The number of aliphatic hydroxyl groups excluding tert-OH is 1. The first-order valence-corrected chi connectivity index (χ1v) is 4.67. The van der Waals surface area contributed by atoms with Gasteiger partial charge < -0.3 is 5.11 Å². The summed E-state index contributed by atoms with van der Waals surface area (Å²) in [5.41, 5.74) is 0.553. The van der Waals surface area contributed by atoms with E-state index in [0.717, 1.165) is 6.42 Å². The molecule has 0 radical (unpaired) electrons. The van der Waals surface area contributed by atoms with Crippen molar-refractivity contribution in [3.63, 3.8) is 0 Å². The minimum atomic E-state index is -0.259. The molecule has 0 atom stereocenters. The van der Waals surface area contributed by atoms with Crippen molar-refractivity contribution in [1.82, 2.24) is 0 Å². The molecular weight excluding hydrogens is 191 g/mol. The lowest BCUT2D eigenvalue weighted by atomic mass is 10.1. The minimum Gasteiger partial charge on any atom is -0.396 e. The molecule has 13 heavy (non-hydrogen) atoms. The molecule has 0 saturated heterocycles. The molecule has 0 saturated carbocycles. The van der Waals surface area contributed by atoms with Gasteiger partial charge in [-0.1, -0.05) is 17.7 Å². The third-order valence-electron chi connectivity index (χ3n) is 1.90. The van der Waals surface area contributed by atoms with E-state index in [2.05, 4.69) is 0 Å². The van der Waals surface area contributed by atoms with Crippen molar-refractivity contribution < 1.29 is 9.50 Å². The van der Waals surface area contributed by atoms with Gasteiger partial charge in [-0.15, -0.1) is 0 Å². The summed E-state index contributed by atoms with van der Waals surface area (Å²) in [6, 6.07) is 4.67. The number of benzene rings is 1. The van der Waals surface area contributed by atoms with Gasteiger partial charge in [0, 0.05) is 17.2 Å². The Balaban J connectivity index is 2.64. The Hall–Kier alpha value is -0.600. The van der Waals surface area contributed by atoms with E-state index >= 15 is 0 Å². The molecule has 0 aliphatic carbocycles. The van der Waals surface area contributed by atoms with Gasteiger partial charge in [0.2, 0.25) is 0 Å². The van der Waals surface area contributed by atoms with Crippen molar-refractivity contribution in [1.29, 1.82) is 0 Å². The van der Waals surface area contributed by atoms with Gasteiger partial charge in [-0.05, 0) is 31.4 Å². The van der Waals surface area contributed by atoms with Gasteiger partial charge in [-0.3, -0.25) is 0 Å². The summed E-state index contributed by atoms with van der Waals surface area (Å²) in [4.78, 5) is 0. The maximum absolute atomic E-state index is 13.1. The number of rotatable bonds is 4. The van der Waals surface area contributed by atoms with E-state index in [1.807, 2.05) is 0 Å². The van der Waals surface area contributed by atoms with E-state index in [1.54, 1.807) is 12.1 Å². The van der Waals surface area contributed by atoms with Crippen LogP contribution in [0.15, 0.2) is 18.2 Å². The highest BCUT2D eigenvalue weighted by Gasteiger charge is 2.05. The molecule has 1 N–H and O–H groups in total. The summed E-state index contributed by atoms with van der Waals surface area (Å²) in [7, 11) is 0. The van der Waals surface area contributed by atoms with Crippen LogP contribution in [0.25, 0.3) is 0 Å². The van der Waals surface area contributed by atoms with Gasteiger partial charge in [-0.25, -0.2) is 4.39 Å². The van der Waals surface area contributed by atoms with Crippen molar-refractivity contribution in [3.05, 3.63) is 34.6 Å². The molecule has 0 aliphatic rings. The molecule has 0 aromatic heterocycles. The Morgan fingerprint density at radius 3 is 2.69 bits per heavy atom. The second-order valence-corrected chi connectivity index (χ2v) is 3.29. The SMILES string of the molecule is OCCCCc1c(F)cccc1Cl. The lowest BCUT2D eigenvalue weighted by Crippen LogP contribution is -1.93. The van der Waals surface area contributed by atoms with Crippen LogP contribution in [0.4, 0.5) is 4.39 Å². The Labute approximate surface area is 82.2 Å². The first-order chi connectivity index (χ1) is 6.25. The van der Waals surface area contributed by atoms with Crippen molar-refractivity contribution >= 4 is 11.6 Å². The largest absolute Gasteiger partial charge is 0.396 e. The summed E-state index contributed by atoms with van der Waals surface area (Å²) in [6.07, 6.45) is 2.04. The highest BCUT2D eigenvalue weighted by Crippen LogP contribution is 2.20. The molecule has 1 rings (SSSR count). The van der Waals surface area contributed by atoms with E-state index in [0.29, 0.717) is 23.4 Å². The van der Waals surface area contributed by atoms with Crippen LogP contribution in [0.3, 0.4) is 0 Å². The summed E-state index contributed by atoms with van der Waals surface area (Å²) >= 11 is 5.81. The molecule has 0 unspecified atom stereocenters. The van der Waals surface area contributed by atoms with E-state index in [4.69, 9.17) is 16.7 Å². The van der Waals surface area contributed by atoms with E-state index in [1.165, 1.54) is 6.07 Å². The fraction of sp³-hybridized carbons (Fsp3) is 0.400. The topological polar surface area (TPSA) is 20.2 Å². The van der Waals surface area contributed by atoms with Gasteiger partial charge in [0.15, 0.2) is 0 Å². The molecule has 0 spiro atoms. The molecule has 72 valence electrons. The number of hydrogen-bond acceptors (Lipinski definition) is 1. The van der Waals surface area contributed by atoms with Crippen LogP contribution in [0.1, 0.15) is 18.4 Å². The molecule has 0 aliphatic heterocycles. The summed E-state index contributed by atoms with van der Waals surface area (Å²) < 4.78 is 13.1. The summed E-state index contributed by atoms with van der Waals surface area (Å²) in [5, 5.41) is 9.03. The van der Waals surface area contributed by atoms with Gasteiger partial charge in [-0.2, -0.15) is 0 Å². The lowest BCUT2D eigenvalue weighted by Gasteiger charge is -2.04. The molecule has 0 heterocycles. The molecule has 3 heteroatoms. The van der Waals surface area contributed by atoms with Gasteiger partial charge in [0.1, 0.15) is 5.82 Å². The Bertz CT molecular complexity index is 255. The molecule has 0 amide bonds. The predicted octanol–water partition coefficient (Wildman–Crippen LogP) is 2.79. The minimum absolute atomic E-state index is 0.145. The van der Waals surface area contributed by atoms with Crippen LogP contribution in [0, 0.1) is 5.82 Å². The predicted molar refractivity (Wildman–Crippen MR) is 51.4 cm³/mol. The highest BCUT2D eigenvalue weighted by atomic mass is 35.5. The third-order valence-corrected chi connectivity index (χ3v) is 2.25. The molecular formula is C10H12ClFO. The van der Waals surface area contributed by atoms with E-state index < -0.39 is 0 Å². The van der Waals surface area contributed by atoms with Crippen molar-refractivity contribution in [2.24, 2.45) is 0 Å². The highest BCUT2D eigenvalue weighted by molar-refractivity contribution is 6.31. The van der Waals surface area contributed by atoms with E-state index in [-0.39, 0.29) is 12.4 Å². The van der Waals surface area contributed by atoms with Crippen LogP contribution in [-0.4, -0.2) is 11.7 Å². The average Bonchev–Trinajstić information content (AvgIpc) is 2.10. The maximum Gasteiger partial charge on any atom is 0.127 e. The number of aliphatic hydroxyl groups is 1. The zero-order chi connectivity index (χ0) is 9.68. The normalized spacial score (nSPS) is 10.4. The summed E-state index contributed by atoms with van der Waals surface area (Å²) in [6.45, 7) is 0.145. The molecule has 1 aromatic carbocycles. The first-order valence-electron chi connectivity index (χ1n) is 4.29. The number of unbranched alkanes of at least 4 members (excludes halogenated alkanes) is 1. The smallest absolute Gasteiger partial charge is 0.127 e. The quantitative estimate of drug-likeness (QED) is 0.745. The molecule has 0 bridgehead atoms. The maximum atomic E-state index is 13.1. The fourth-order valence-electron chi connectivity index (χ4n) is 1.18. The monoisotopic (exact) mass is 202 g/mol. The average molecular weight is 203 g/mol. The summed E-state index contributed by atoms with van der Waals surface area (Å²) in [5.74, 6) is -0.259. The van der Waals surface area contributed by atoms with Gasteiger partial charge in [0.25, 0.3) is 0 Å². The Morgan fingerprint density at radius 1 is 1.31 bits per heavy atom. The molecule has 1 aromatic rings. The van der Waals surface area contributed by atoms with Crippen LogP contribution in [0.5, 0.6) is 0 Å². The molecule has 0 fully saturated rings. The Morgan fingerprint density at radius 2 is 2.08 bits per heavy atom. The molecule has 1 nitrogen and oxygen atoms in total. The second kappa shape index (κ2) is 5.20. The standard InChI is InChI=1S/C10H12ClFO/c11-9-5-3-6-10(12)8(9)4-1-2-7-13/h3,5-6,13H,1-2,4,7H2. The van der Waals surface area contributed by atoms with Crippen molar-refractivity contribution in [2.75, 3.05) is 6.61 Å². The zero-order valence-electron chi connectivity index (χ0n) is 7.26. The van der Waals surface area contributed by atoms with E-state index in [9.17, 15) is 4.39 Å². The Kier molecular flexibility index (Phi) is 4.19. The lowest BCUT2D eigenvalue weighted by molar-refractivity contribution is 0.284. The second-order valence-electron chi connectivity index (χ2n) is 2.88. The number of hydrogen-bond donors (Lipinski definition) is 1. The first kappa shape index (κ1) is 10.5. The van der Waals surface area contributed by atoms with Gasteiger partial charge >= 0.3 is 0 Å². The fourth-order valence-corrected chi connectivity index (χ4v) is 1.44. The van der Waals surface area contributed by atoms with Crippen LogP contribution in [-0.2, 0) is 6.42 Å². The van der Waals surface area contributed by atoms with Crippen LogP contribution >= 0.6 is 11.6 Å². The van der Waals surface area contributed by atoms with Crippen molar-refractivity contribution in [3.8, 4) is 0 Å². The van der Waals surface area contributed by atoms with Crippen LogP contribution < -0.4 is 0 Å². The number of halogens is 2. The van der Waals surface area contributed by atoms with Crippen molar-refractivity contribution in [2.45, 2.75) is 19.3 Å². The zero-order valence-corrected chi connectivity index (χ0v) is 8.02. The van der Waals surface area contributed by atoms with Crippen LogP contribution in [0.2, 0.25) is 5.02 Å².